The first kappa shape index (κ1) is 14.1. The quantitative estimate of drug-likeness (QED) is 0.843. The van der Waals surface area contributed by atoms with E-state index in [1.165, 1.54) is 25.7 Å². The normalized spacial score (nSPS) is 29.0. The highest BCUT2D eigenvalue weighted by Crippen LogP contribution is 2.33. The van der Waals surface area contributed by atoms with Crippen molar-refractivity contribution in [3.63, 3.8) is 0 Å². The van der Waals surface area contributed by atoms with Crippen LogP contribution < -0.4 is 5.32 Å². The van der Waals surface area contributed by atoms with Gasteiger partial charge in [-0.3, -0.25) is 4.90 Å². The highest BCUT2D eigenvalue weighted by Gasteiger charge is 2.39. The van der Waals surface area contributed by atoms with E-state index in [1.807, 2.05) is 0 Å². The third-order valence-electron chi connectivity index (χ3n) is 4.37. The van der Waals surface area contributed by atoms with E-state index in [9.17, 15) is 13.2 Å². The van der Waals surface area contributed by atoms with Gasteiger partial charge in [-0.15, -0.1) is 0 Å². The summed E-state index contributed by atoms with van der Waals surface area (Å²) < 4.78 is 36.5. The van der Waals surface area contributed by atoms with Crippen LogP contribution in [0.5, 0.6) is 0 Å². The third-order valence-corrected chi connectivity index (χ3v) is 4.37. The molecule has 0 amide bonds. The van der Waals surface area contributed by atoms with Crippen molar-refractivity contribution >= 4 is 0 Å². The second-order valence-corrected chi connectivity index (χ2v) is 5.91. The van der Waals surface area contributed by atoms with Gasteiger partial charge < -0.3 is 5.32 Å². The Kier molecular flexibility index (Phi) is 4.22. The van der Waals surface area contributed by atoms with Crippen molar-refractivity contribution in [1.82, 2.24) is 10.2 Å². The smallest absolute Gasteiger partial charge is 0.308 e. The molecule has 2 fully saturated rings. The largest absolute Gasteiger partial charge is 0.389 e. The van der Waals surface area contributed by atoms with E-state index in [1.54, 1.807) is 0 Å². The lowest BCUT2D eigenvalue weighted by molar-refractivity contribution is -0.136. The first-order chi connectivity index (χ1) is 8.40. The molecule has 2 rings (SSSR count). The lowest BCUT2D eigenvalue weighted by atomic mass is 9.92. The summed E-state index contributed by atoms with van der Waals surface area (Å²) in [6, 6.07) is 0.351. The first-order valence-corrected chi connectivity index (χ1v) is 6.96. The molecule has 1 atom stereocenters. The summed E-state index contributed by atoms with van der Waals surface area (Å²) in [7, 11) is 0. The molecule has 1 heterocycles. The van der Waals surface area contributed by atoms with Crippen molar-refractivity contribution in [3.05, 3.63) is 0 Å². The molecule has 1 spiro atoms. The molecule has 0 bridgehead atoms. The molecule has 1 aliphatic carbocycles. The van der Waals surface area contributed by atoms with Gasteiger partial charge in [-0.05, 0) is 32.7 Å². The van der Waals surface area contributed by atoms with Gasteiger partial charge in [0, 0.05) is 31.1 Å². The van der Waals surface area contributed by atoms with Gasteiger partial charge in [0.25, 0.3) is 0 Å². The molecule has 2 aliphatic rings. The highest BCUT2D eigenvalue weighted by molar-refractivity contribution is 5.00. The summed E-state index contributed by atoms with van der Waals surface area (Å²) >= 11 is 0. The van der Waals surface area contributed by atoms with Crippen LogP contribution in [0.2, 0.25) is 0 Å². The van der Waals surface area contributed by atoms with Crippen LogP contribution >= 0.6 is 0 Å². The second kappa shape index (κ2) is 5.37. The van der Waals surface area contributed by atoms with Crippen molar-refractivity contribution in [2.24, 2.45) is 0 Å². The van der Waals surface area contributed by atoms with Crippen LogP contribution in [0.4, 0.5) is 13.2 Å². The first-order valence-electron chi connectivity index (χ1n) is 6.96. The Morgan fingerprint density at radius 1 is 1.28 bits per heavy atom. The van der Waals surface area contributed by atoms with Crippen LogP contribution in [0.3, 0.4) is 0 Å². The van der Waals surface area contributed by atoms with Gasteiger partial charge in [-0.25, -0.2) is 0 Å². The fourth-order valence-corrected chi connectivity index (χ4v) is 3.26. The molecular formula is C13H23F3N2. The standard InChI is InChI=1S/C13H23F3N2/c1-11-9-17-12(5-2-3-6-12)10-18(11)8-4-7-13(14,15)16/h11,17H,2-10H2,1H3. The Hall–Kier alpha value is -0.290. The average Bonchev–Trinajstić information content (AvgIpc) is 2.71. The molecule has 2 nitrogen and oxygen atoms in total. The molecule has 18 heavy (non-hydrogen) atoms. The van der Waals surface area contributed by atoms with Crippen LogP contribution in [0.15, 0.2) is 0 Å². The maximum Gasteiger partial charge on any atom is 0.389 e. The number of piperazine rings is 1. The van der Waals surface area contributed by atoms with Gasteiger partial charge in [0.05, 0.1) is 0 Å². The van der Waals surface area contributed by atoms with E-state index in [0.29, 0.717) is 12.6 Å². The number of halogens is 3. The minimum Gasteiger partial charge on any atom is -0.308 e. The Labute approximate surface area is 107 Å². The van der Waals surface area contributed by atoms with E-state index in [4.69, 9.17) is 0 Å². The average molecular weight is 264 g/mol. The number of nitrogens with zero attached hydrogens (tertiary/aromatic N) is 1. The summed E-state index contributed by atoms with van der Waals surface area (Å²) in [5.74, 6) is 0. The van der Waals surface area contributed by atoms with E-state index in [2.05, 4.69) is 17.1 Å². The Morgan fingerprint density at radius 2 is 1.94 bits per heavy atom. The van der Waals surface area contributed by atoms with Crippen molar-refractivity contribution in [2.45, 2.75) is 63.2 Å². The molecular weight excluding hydrogens is 241 g/mol. The minimum atomic E-state index is -4.01. The fourth-order valence-electron chi connectivity index (χ4n) is 3.26. The number of hydrogen-bond donors (Lipinski definition) is 1. The van der Waals surface area contributed by atoms with Gasteiger partial charge in [-0.2, -0.15) is 13.2 Å². The van der Waals surface area contributed by atoms with Crippen LogP contribution in [0.1, 0.15) is 45.4 Å². The molecule has 1 N–H and O–H groups in total. The van der Waals surface area contributed by atoms with Gasteiger partial charge in [0.15, 0.2) is 0 Å². The monoisotopic (exact) mass is 264 g/mol. The minimum absolute atomic E-state index is 0.199. The molecule has 1 saturated heterocycles. The Bertz CT molecular complexity index is 272. The van der Waals surface area contributed by atoms with Crippen molar-refractivity contribution in [1.29, 1.82) is 0 Å². The molecule has 1 saturated carbocycles. The number of alkyl halides is 3. The molecule has 1 aliphatic heterocycles. The van der Waals surface area contributed by atoms with E-state index in [-0.39, 0.29) is 12.0 Å². The predicted molar refractivity (Wildman–Crippen MR) is 65.5 cm³/mol. The maximum atomic E-state index is 12.2. The molecule has 0 aromatic heterocycles. The zero-order chi connectivity index (χ0) is 13.2. The van der Waals surface area contributed by atoms with Crippen LogP contribution in [0.25, 0.3) is 0 Å². The van der Waals surface area contributed by atoms with Gasteiger partial charge in [0.2, 0.25) is 0 Å². The summed E-state index contributed by atoms with van der Waals surface area (Å²) in [5.41, 5.74) is 0.199. The van der Waals surface area contributed by atoms with Gasteiger partial charge in [0.1, 0.15) is 0 Å². The van der Waals surface area contributed by atoms with Crippen LogP contribution in [0, 0.1) is 0 Å². The van der Waals surface area contributed by atoms with Gasteiger partial charge >= 0.3 is 6.18 Å². The summed E-state index contributed by atoms with van der Waals surface area (Å²) in [6.07, 6.45) is 0.406. The molecule has 5 heteroatoms. The predicted octanol–water partition coefficient (Wildman–Crippen LogP) is 2.94. The van der Waals surface area contributed by atoms with Crippen molar-refractivity contribution in [3.8, 4) is 0 Å². The highest BCUT2D eigenvalue weighted by atomic mass is 19.4. The van der Waals surface area contributed by atoms with Crippen molar-refractivity contribution in [2.75, 3.05) is 19.6 Å². The molecule has 106 valence electrons. The Balaban J connectivity index is 1.82. The Morgan fingerprint density at radius 3 is 2.56 bits per heavy atom. The third kappa shape index (κ3) is 3.60. The zero-order valence-electron chi connectivity index (χ0n) is 11.0. The SMILES string of the molecule is CC1CNC2(CCCC2)CN1CCCC(F)(F)F. The lowest BCUT2D eigenvalue weighted by Gasteiger charge is -2.45. The van der Waals surface area contributed by atoms with E-state index >= 15 is 0 Å². The van der Waals surface area contributed by atoms with Gasteiger partial charge in [-0.1, -0.05) is 12.8 Å². The number of rotatable bonds is 3. The summed E-state index contributed by atoms with van der Waals surface area (Å²) in [4.78, 5) is 2.24. The number of hydrogen-bond acceptors (Lipinski definition) is 2. The van der Waals surface area contributed by atoms with E-state index in [0.717, 1.165) is 13.1 Å². The second-order valence-electron chi connectivity index (χ2n) is 5.91. The topological polar surface area (TPSA) is 15.3 Å². The lowest BCUT2D eigenvalue weighted by Crippen LogP contribution is -2.62. The number of nitrogens with one attached hydrogen (secondary N) is 1. The molecule has 0 aromatic rings. The van der Waals surface area contributed by atoms with E-state index < -0.39 is 12.6 Å². The zero-order valence-corrected chi connectivity index (χ0v) is 11.0. The van der Waals surface area contributed by atoms with Crippen LogP contribution in [-0.4, -0.2) is 42.3 Å². The van der Waals surface area contributed by atoms with Crippen molar-refractivity contribution < 1.29 is 13.2 Å². The summed E-state index contributed by atoms with van der Waals surface area (Å²) in [5, 5.41) is 3.62. The molecule has 0 aromatic carbocycles. The summed E-state index contributed by atoms with van der Waals surface area (Å²) in [6.45, 7) is 4.50. The molecule has 1 unspecified atom stereocenters. The molecule has 0 radical (unpaired) electrons. The maximum absolute atomic E-state index is 12.2. The fraction of sp³-hybridized carbons (Fsp3) is 1.00. The van der Waals surface area contributed by atoms with Crippen LogP contribution in [-0.2, 0) is 0 Å².